The van der Waals surface area contributed by atoms with E-state index in [4.69, 9.17) is 18.9 Å². The van der Waals surface area contributed by atoms with Gasteiger partial charge in [0.2, 0.25) is 0 Å². The van der Waals surface area contributed by atoms with Gasteiger partial charge in [0, 0.05) is 0 Å². The Morgan fingerprint density at radius 3 is 2.27 bits per heavy atom. The predicted octanol–water partition coefficient (Wildman–Crippen LogP) is 5.35. The number of carbonyl (C=O) groups is 3. The maximum absolute atomic E-state index is 12.8. The number of ether oxygens (including phenoxy) is 4. The van der Waals surface area contributed by atoms with Crippen molar-refractivity contribution in [3.63, 3.8) is 0 Å². The number of rotatable bonds is 9. The number of amides is 2. The summed E-state index contributed by atoms with van der Waals surface area (Å²) in [6.45, 7) is 2.31. The molecule has 0 radical (unpaired) electrons. The second kappa shape index (κ2) is 11.7. The summed E-state index contributed by atoms with van der Waals surface area (Å²) in [4.78, 5) is 39.2. The minimum absolute atomic E-state index is 0.138. The van der Waals surface area contributed by atoms with Crippen molar-refractivity contribution in [1.29, 1.82) is 0 Å². The Kier molecular flexibility index (Phi) is 8.15. The standard InChI is InChI=1S/C28H25NO7S/c1-18-4-9-22(10-5-18)35-15-14-29-26(30)25(37-28(29)32)17-19-6-13-23(24(16-19)34-3)36-27(31)20-7-11-21(33-2)12-8-20/h4-13,16-17H,14-15H2,1-3H3/b25-17-. The van der Waals surface area contributed by atoms with Crippen LogP contribution in [-0.4, -0.2) is 49.4 Å². The van der Waals surface area contributed by atoms with Gasteiger partial charge in [0.25, 0.3) is 11.1 Å². The number of esters is 1. The first-order chi connectivity index (χ1) is 17.9. The van der Waals surface area contributed by atoms with E-state index < -0.39 is 11.9 Å². The molecule has 1 aliphatic heterocycles. The van der Waals surface area contributed by atoms with E-state index in [0.29, 0.717) is 28.4 Å². The molecule has 190 valence electrons. The second-order valence-corrected chi connectivity index (χ2v) is 9.02. The molecule has 1 fully saturated rings. The summed E-state index contributed by atoms with van der Waals surface area (Å²) in [5.41, 5.74) is 2.08. The number of benzene rings is 3. The highest BCUT2D eigenvalue weighted by molar-refractivity contribution is 8.18. The molecule has 9 heteroatoms. The Bertz CT molecular complexity index is 1330. The van der Waals surface area contributed by atoms with Gasteiger partial charge in [-0.2, -0.15) is 0 Å². The Morgan fingerprint density at radius 2 is 1.59 bits per heavy atom. The van der Waals surface area contributed by atoms with Gasteiger partial charge in [0.1, 0.15) is 18.1 Å². The topological polar surface area (TPSA) is 91.4 Å². The summed E-state index contributed by atoms with van der Waals surface area (Å²) in [5, 5.41) is -0.360. The van der Waals surface area contributed by atoms with Crippen molar-refractivity contribution in [2.45, 2.75) is 6.92 Å². The fourth-order valence-corrected chi connectivity index (χ4v) is 4.34. The average Bonchev–Trinajstić information content (AvgIpc) is 3.17. The SMILES string of the molecule is COc1ccc(C(=O)Oc2ccc(/C=C3\SC(=O)N(CCOc4ccc(C)cc4)C3=O)cc2OC)cc1. The first-order valence-corrected chi connectivity index (χ1v) is 12.2. The number of aryl methyl sites for hydroxylation is 1. The first kappa shape index (κ1) is 25.8. The lowest BCUT2D eigenvalue weighted by molar-refractivity contribution is -0.123. The van der Waals surface area contributed by atoms with Crippen LogP contribution < -0.4 is 18.9 Å². The summed E-state index contributed by atoms with van der Waals surface area (Å²) >= 11 is 0.860. The van der Waals surface area contributed by atoms with Crippen molar-refractivity contribution in [3.8, 4) is 23.0 Å². The van der Waals surface area contributed by atoms with Gasteiger partial charge < -0.3 is 18.9 Å². The number of nitrogens with zero attached hydrogens (tertiary/aromatic N) is 1. The third-order valence-electron chi connectivity index (χ3n) is 5.49. The molecule has 0 spiro atoms. The maximum Gasteiger partial charge on any atom is 0.343 e. The summed E-state index contributed by atoms with van der Waals surface area (Å²) in [6, 6.07) is 19.0. The van der Waals surface area contributed by atoms with E-state index >= 15 is 0 Å². The smallest absolute Gasteiger partial charge is 0.343 e. The van der Waals surface area contributed by atoms with E-state index in [1.54, 1.807) is 55.7 Å². The molecule has 3 aromatic carbocycles. The molecule has 0 bridgehead atoms. The monoisotopic (exact) mass is 519 g/mol. The van der Waals surface area contributed by atoms with Crippen molar-refractivity contribution in [2.75, 3.05) is 27.4 Å². The van der Waals surface area contributed by atoms with Crippen LogP contribution in [0, 0.1) is 6.92 Å². The fraction of sp³-hybridized carbons (Fsp3) is 0.179. The minimum Gasteiger partial charge on any atom is -0.497 e. The Labute approximate surface area is 218 Å². The normalized spacial score (nSPS) is 14.1. The Balaban J connectivity index is 1.41. The summed E-state index contributed by atoms with van der Waals surface area (Å²) < 4.78 is 21.6. The van der Waals surface area contributed by atoms with E-state index in [1.165, 1.54) is 7.11 Å². The molecule has 0 atom stereocenters. The third-order valence-corrected chi connectivity index (χ3v) is 6.40. The van der Waals surface area contributed by atoms with Crippen LogP contribution in [0.15, 0.2) is 71.6 Å². The molecule has 1 heterocycles. The Hall–Kier alpha value is -4.24. The predicted molar refractivity (Wildman–Crippen MR) is 140 cm³/mol. The van der Waals surface area contributed by atoms with Crippen LogP contribution in [0.5, 0.6) is 23.0 Å². The molecule has 8 nitrogen and oxygen atoms in total. The molecule has 3 aromatic rings. The van der Waals surface area contributed by atoms with Gasteiger partial charge in [-0.25, -0.2) is 4.79 Å². The molecule has 37 heavy (non-hydrogen) atoms. The van der Waals surface area contributed by atoms with Crippen LogP contribution in [0.4, 0.5) is 4.79 Å². The Morgan fingerprint density at radius 1 is 0.892 bits per heavy atom. The van der Waals surface area contributed by atoms with Crippen molar-refractivity contribution < 1.29 is 33.3 Å². The van der Waals surface area contributed by atoms with E-state index in [1.807, 2.05) is 31.2 Å². The molecule has 0 aromatic heterocycles. The van der Waals surface area contributed by atoms with Crippen molar-refractivity contribution >= 4 is 35.0 Å². The number of hydrogen-bond acceptors (Lipinski definition) is 8. The highest BCUT2D eigenvalue weighted by atomic mass is 32.2. The number of carbonyl (C=O) groups excluding carboxylic acids is 3. The van der Waals surface area contributed by atoms with Gasteiger partial charge in [-0.05, 0) is 78.9 Å². The summed E-state index contributed by atoms with van der Waals surface area (Å²) in [6.07, 6.45) is 1.60. The molecule has 1 aliphatic rings. The molecule has 1 saturated heterocycles. The zero-order valence-corrected chi connectivity index (χ0v) is 21.4. The van der Waals surface area contributed by atoms with Crippen LogP contribution in [0.25, 0.3) is 6.08 Å². The van der Waals surface area contributed by atoms with E-state index in [9.17, 15) is 14.4 Å². The van der Waals surface area contributed by atoms with Crippen LogP contribution in [0.1, 0.15) is 21.5 Å². The molecular weight excluding hydrogens is 494 g/mol. The summed E-state index contributed by atoms with van der Waals surface area (Å²) in [7, 11) is 2.99. The average molecular weight is 520 g/mol. The molecular formula is C28H25NO7S. The van der Waals surface area contributed by atoms with Crippen molar-refractivity contribution in [1.82, 2.24) is 4.90 Å². The highest BCUT2D eigenvalue weighted by Crippen LogP contribution is 2.34. The quantitative estimate of drug-likeness (QED) is 0.212. The second-order valence-electron chi connectivity index (χ2n) is 8.02. The lowest BCUT2D eigenvalue weighted by Crippen LogP contribution is -2.32. The van der Waals surface area contributed by atoms with Gasteiger partial charge in [0.05, 0.1) is 31.2 Å². The number of hydrogen-bond donors (Lipinski definition) is 0. The molecule has 0 N–H and O–H groups in total. The van der Waals surface area contributed by atoms with Crippen molar-refractivity contribution in [2.24, 2.45) is 0 Å². The lowest BCUT2D eigenvalue weighted by Gasteiger charge is -2.13. The molecule has 0 unspecified atom stereocenters. The van der Waals surface area contributed by atoms with E-state index in [-0.39, 0.29) is 29.0 Å². The van der Waals surface area contributed by atoms with Crippen molar-refractivity contribution in [3.05, 3.63) is 88.3 Å². The third kappa shape index (κ3) is 6.31. The van der Waals surface area contributed by atoms with Crippen LogP contribution >= 0.6 is 11.8 Å². The summed E-state index contributed by atoms with van der Waals surface area (Å²) in [5.74, 6) is 0.886. The zero-order chi connectivity index (χ0) is 26.4. The number of thioether (sulfide) groups is 1. The molecule has 0 saturated carbocycles. The van der Waals surface area contributed by atoms with Crippen LogP contribution in [0.3, 0.4) is 0 Å². The van der Waals surface area contributed by atoms with E-state index in [2.05, 4.69) is 0 Å². The molecule has 0 aliphatic carbocycles. The maximum atomic E-state index is 12.8. The van der Waals surface area contributed by atoms with Crippen LogP contribution in [-0.2, 0) is 4.79 Å². The van der Waals surface area contributed by atoms with E-state index in [0.717, 1.165) is 22.2 Å². The fourth-order valence-electron chi connectivity index (χ4n) is 3.48. The van der Waals surface area contributed by atoms with Crippen LogP contribution in [0.2, 0.25) is 0 Å². The lowest BCUT2D eigenvalue weighted by atomic mass is 10.1. The van der Waals surface area contributed by atoms with Gasteiger partial charge >= 0.3 is 5.97 Å². The van der Waals surface area contributed by atoms with Gasteiger partial charge in [-0.3, -0.25) is 14.5 Å². The van der Waals surface area contributed by atoms with Gasteiger partial charge in [-0.1, -0.05) is 23.8 Å². The highest BCUT2D eigenvalue weighted by Gasteiger charge is 2.34. The zero-order valence-electron chi connectivity index (χ0n) is 20.6. The number of methoxy groups -OCH3 is 2. The van der Waals surface area contributed by atoms with Gasteiger partial charge in [0.15, 0.2) is 11.5 Å². The first-order valence-electron chi connectivity index (χ1n) is 11.4. The van der Waals surface area contributed by atoms with Gasteiger partial charge in [-0.15, -0.1) is 0 Å². The largest absolute Gasteiger partial charge is 0.497 e. The minimum atomic E-state index is -0.553. The number of imide groups is 1. The molecule has 4 rings (SSSR count). The molecule has 2 amide bonds.